The largest absolute Gasteiger partial charge is 0.490 e. The fraction of sp³-hybridized carbons (Fsp3) is 0.350. The van der Waals surface area contributed by atoms with Gasteiger partial charge >= 0.3 is 6.09 Å². The summed E-state index contributed by atoms with van der Waals surface area (Å²) in [5, 5.41) is 21.9. The van der Waals surface area contributed by atoms with Gasteiger partial charge in [0.1, 0.15) is 24.0 Å². The minimum atomic E-state index is -0.889. The molecular weight excluding hydrogens is 374 g/mol. The Kier molecular flexibility index (Phi) is 4.99. The lowest BCUT2D eigenvalue weighted by molar-refractivity contribution is 0.155. The van der Waals surface area contributed by atoms with Crippen LogP contribution >= 0.6 is 0 Å². The van der Waals surface area contributed by atoms with E-state index >= 15 is 0 Å². The van der Waals surface area contributed by atoms with Crippen LogP contribution in [0, 0.1) is 11.3 Å². The number of amides is 1. The number of carbonyl (C=O) groups is 1. The highest BCUT2D eigenvalue weighted by Gasteiger charge is 2.27. The molecule has 4 rings (SSSR count). The second kappa shape index (κ2) is 7.75. The molecule has 1 amide bonds. The van der Waals surface area contributed by atoms with Crippen LogP contribution in [0.5, 0.6) is 11.6 Å². The Balaban J connectivity index is 1.59. The summed E-state index contributed by atoms with van der Waals surface area (Å²) in [6, 6.07) is 9.74. The van der Waals surface area contributed by atoms with Crippen LogP contribution < -0.4 is 19.7 Å². The molecule has 3 heterocycles. The van der Waals surface area contributed by atoms with Gasteiger partial charge < -0.3 is 29.7 Å². The summed E-state index contributed by atoms with van der Waals surface area (Å²) in [6.07, 6.45) is 1.55. The van der Waals surface area contributed by atoms with Crippen molar-refractivity contribution in [2.75, 3.05) is 43.6 Å². The molecule has 1 saturated heterocycles. The van der Waals surface area contributed by atoms with Crippen LogP contribution in [0.1, 0.15) is 12.0 Å². The third-order valence-electron chi connectivity index (χ3n) is 5.11. The molecule has 9 nitrogen and oxygen atoms in total. The van der Waals surface area contributed by atoms with E-state index in [9.17, 15) is 10.1 Å². The van der Waals surface area contributed by atoms with Gasteiger partial charge in [0.15, 0.2) is 0 Å². The van der Waals surface area contributed by atoms with Gasteiger partial charge in [-0.2, -0.15) is 5.26 Å². The van der Waals surface area contributed by atoms with Crippen molar-refractivity contribution in [1.29, 1.82) is 5.26 Å². The van der Waals surface area contributed by atoms with Gasteiger partial charge in [-0.05, 0) is 30.7 Å². The monoisotopic (exact) mass is 395 g/mol. The van der Waals surface area contributed by atoms with E-state index in [-0.39, 0.29) is 6.04 Å². The molecular formula is C20H21N5O4. The van der Waals surface area contributed by atoms with Gasteiger partial charge in [-0.25, -0.2) is 9.78 Å². The first-order valence-electron chi connectivity index (χ1n) is 9.32. The van der Waals surface area contributed by atoms with Gasteiger partial charge in [-0.3, -0.25) is 0 Å². The van der Waals surface area contributed by atoms with Crippen molar-refractivity contribution in [2.24, 2.45) is 0 Å². The number of pyridine rings is 1. The molecule has 0 spiro atoms. The average Bonchev–Trinajstić information content (AvgIpc) is 3.21. The zero-order chi connectivity index (χ0) is 20.4. The smallest absolute Gasteiger partial charge is 0.407 e. The standard InChI is InChI=1S/C20H21N5O4/c1-28-19-13(10-21)8-16(11-22-19)25-6-7-29-18-3-2-14(9-17(18)25)23-15-4-5-24(12-15)20(26)27/h2-3,8-9,11,15,23H,4-7,12H2,1H3,(H,26,27). The number of aromatic nitrogens is 1. The SMILES string of the molecule is COc1ncc(N2CCOc3ccc(NC4CCN(C(=O)O)C4)cc32)cc1C#N. The van der Waals surface area contributed by atoms with Gasteiger partial charge in [0.05, 0.1) is 31.2 Å². The van der Waals surface area contributed by atoms with Crippen molar-refractivity contribution in [3.05, 3.63) is 36.0 Å². The lowest BCUT2D eigenvalue weighted by Crippen LogP contribution is -2.30. The van der Waals surface area contributed by atoms with Crippen molar-refractivity contribution >= 4 is 23.2 Å². The fourth-order valence-electron chi connectivity index (χ4n) is 3.69. The summed E-state index contributed by atoms with van der Waals surface area (Å²) in [5.74, 6) is 1.04. The van der Waals surface area contributed by atoms with Gasteiger partial charge in [0.25, 0.3) is 0 Å². The Morgan fingerprint density at radius 1 is 1.41 bits per heavy atom. The summed E-state index contributed by atoms with van der Waals surface area (Å²) in [6.45, 7) is 2.12. The summed E-state index contributed by atoms with van der Waals surface area (Å²) in [5.41, 5.74) is 2.90. The molecule has 0 aliphatic carbocycles. The van der Waals surface area contributed by atoms with E-state index in [1.54, 1.807) is 12.3 Å². The lowest BCUT2D eigenvalue weighted by Gasteiger charge is -2.32. The Labute approximate surface area is 168 Å². The topological polar surface area (TPSA) is 111 Å². The summed E-state index contributed by atoms with van der Waals surface area (Å²) in [7, 11) is 1.49. The second-order valence-electron chi connectivity index (χ2n) is 6.90. The molecule has 0 bridgehead atoms. The molecule has 1 aromatic heterocycles. The number of nitrogens with one attached hydrogen (secondary N) is 1. The number of methoxy groups -OCH3 is 1. The zero-order valence-electron chi connectivity index (χ0n) is 16.0. The van der Waals surface area contributed by atoms with Crippen LogP contribution in [0.15, 0.2) is 30.5 Å². The maximum absolute atomic E-state index is 11.1. The molecule has 2 aromatic rings. The van der Waals surface area contributed by atoms with Crippen molar-refractivity contribution in [1.82, 2.24) is 9.88 Å². The van der Waals surface area contributed by atoms with Crippen LogP contribution in [0.2, 0.25) is 0 Å². The first kappa shape index (κ1) is 18.7. The van der Waals surface area contributed by atoms with Crippen LogP contribution in [0.25, 0.3) is 0 Å². The van der Waals surface area contributed by atoms with E-state index in [0.29, 0.717) is 37.7 Å². The average molecular weight is 395 g/mol. The maximum atomic E-state index is 11.1. The molecule has 1 fully saturated rings. The number of rotatable bonds is 4. The molecule has 0 saturated carbocycles. The van der Waals surface area contributed by atoms with Gasteiger partial charge in [0.2, 0.25) is 5.88 Å². The van der Waals surface area contributed by atoms with Crippen LogP contribution in [0.3, 0.4) is 0 Å². The van der Waals surface area contributed by atoms with E-state index in [4.69, 9.17) is 14.6 Å². The van der Waals surface area contributed by atoms with Crippen molar-refractivity contribution in [2.45, 2.75) is 12.5 Å². The van der Waals surface area contributed by atoms with Crippen molar-refractivity contribution in [3.63, 3.8) is 0 Å². The summed E-state index contributed by atoms with van der Waals surface area (Å²) in [4.78, 5) is 18.8. The van der Waals surface area contributed by atoms with E-state index in [1.807, 2.05) is 18.2 Å². The highest BCUT2D eigenvalue weighted by Crippen LogP contribution is 2.39. The van der Waals surface area contributed by atoms with E-state index in [2.05, 4.69) is 21.3 Å². The Hall–Kier alpha value is -3.67. The number of carboxylic acid groups (broad SMARTS) is 1. The van der Waals surface area contributed by atoms with Gasteiger partial charge in [0, 0.05) is 24.8 Å². The Morgan fingerprint density at radius 2 is 2.28 bits per heavy atom. The molecule has 1 unspecified atom stereocenters. The second-order valence-corrected chi connectivity index (χ2v) is 6.90. The van der Waals surface area contributed by atoms with Crippen molar-refractivity contribution < 1.29 is 19.4 Å². The zero-order valence-corrected chi connectivity index (χ0v) is 16.0. The number of nitrogens with zero attached hydrogens (tertiary/aromatic N) is 4. The molecule has 9 heteroatoms. The summed E-state index contributed by atoms with van der Waals surface area (Å²) < 4.78 is 10.9. The number of hydrogen-bond donors (Lipinski definition) is 2. The molecule has 2 N–H and O–H groups in total. The van der Waals surface area contributed by atoms with E-state index < -0.39 is 6.09 Å². The first-order valence-corrected chi connectivity index (χ1v) is 9.32. The minimum Gasteiger partial charge on any atom is -0.490 e. The fourth-order valence-corrected chi connectivity index (χ4v) is 3.69. The quantitative estimate of drug-likeness (QED) is 0.813. The Bertz CT molecular complexity index is 974. The number of hydrogen-bond acceptors (Lipinski definition) is 7. The maximum Gasteiger partial charge on any atom is 0.407 e. The lowest BCUT2D eigenvalue weighted by atomic mass is 10.1. The number of anilines is 3. The predicted octanol–water partition coefficient (Wildman–Crippen LogP) is 2.66. The highest BCUT2D eigenvalue weighted by molar-refractivity contribution is 5.75. The number of nitriles is 1. The Morgan fingerprint density at radius 3 is 3.00 bits per heavy atom. The number of ether oxygens (including phenoxy) is 2. The van der Waals surface area contributed by atoms with Gasteiger partial charge in [-0.1, -0.05) is 0 Å². The molecule has 1 aromatic carbocycles. The van der Waals surface area contributed by atoms with Gasteiger partial charge in [-0.15, -0.1) is 0 Å². The molecule has 1 atom stereocenters. The number of fused-ring (bicyclic) bond motifs is 1. The van der Waals surface area contributed by atoms with E-state index in [0.717, 1.165) is 29.2 Å². The molecule has 150 valence electrons. The normalized spacial score (nSPS) is 17.9. The molecule has 2 aliphatic rings. The van der Waals surface area contributed by atoms with Crippen molar-refractivity contribution in [3.8, 4) is 17.7 Å². The van der Waals surface area contributed by atoms with E-state index in [1.165, 1.54) is 12.0 Å². The highest BCUT2D eigenvalue weighted by atomic mass is 16.5. The minimum absolute atomic E-state index is 0.0648. The predicted molar refractivity (Wildman–Crippen MR) is 106 cm³/mol. The molecule has 0 radical (unpaired) electrons. The third kappa shape index (κ3) is 3.69. The molecule has 29 heavy (non-hydrogen) atoms. The van der Waals surface area contributed by atoms with Crippen LogP contribution in [-0.4, -0.2) is 60.5 Å². The first-order chi connectivity index (χ1) is 14.1. The summed E-state index contributed by atoms with van der Waals surface area (Å²) >= 11 is 0. The third-order valence-corrected chi connectivity index (χ3v) is 5.11. The van der Waals surface area contributed by atoms with Crippen LogP contribution in [-0.2, 0) is 0 Å². The number of likely N-dealkylation sites (tertiary alicyclic amines) is 1. The molecule has 2 aliphatic heterocycles. The van der Waals surface area contributed by atoms with Crippen LogP contribution in [0.4, 0.5) is 21.9 Å². The number of benzene rings is 1.